The highest BCUT2D eigenvalue weighted by Crippen LogP contribution is 2.28. The predicted octanol–water partition coefficient (Wildman–Crippen LogP) is 1.35. The number of hydrogen-bond acceptors (Lipinski definition) is 3. The Morgan fingerprint density at radius 2 is 2.38 bits per heavy atom. The number of carbonyl (C=O) groups excluding carboxylic acids is 1. The molecule has 4 nitrogen and oxygen atoms in total. The van der Waals surface area contributed by atoms with Gasteiger partial charge in [-0.1, -0.05) is 6.07 Å². The molecule has 0 spiro atoms. The second-order valence-electron chi connectivity index (χ2n) is 3.55. The van der Waals surface area contributed by atoms with E-state index in [0.29, 0.717) is 6.00 Å². The lowest BCUT2D eigenvalue weighted by Crippen LogP contribution is -2.25. The Bertz CT molecular complexity index is 396. The Labute approximate surface area is 98.9 Å². The van der Waals surface area contributed by atoms with Gasteiger partial charge in [0.15, 0.2) is 6.61 Å². The van der Waals surface area contributed by atoms with Gasteiger partial charge in [-0.2, -0.15) is 0 Å². The molecule has 2 N–H and O–H groups in total. The van der Waals surface area contributed by atoms with Gasteiger partial charge in [0.05, 0.1) is 11.7 Å². The molecule has 0 fully saturated rings. The number of anilines is 1. The quantitative estimate of drug-likeness (QED) is 0.475. The van der Waals surface area contributed by atoms with Gasteiger partial charge in [0, 0.05) is 6.54 Å². The van der Waals surface area contributed by atoms with E-state index in [2.05, 4.69) is 10.6 Å². The van der Waals surface area contributed by atoms with Crippen LogP contribution in [0.1, 0.15) is 5.56 Å². The van der Waals surface area contributed by atoms with E-state index in [0.717, 1.165) is 30.0 Å². The van der Waals surface area contributed by atoms with Gasteiger partial charge in [-0.25, -0.2) is 0 Å². The monoisotopic (exact) mass is 240 g/mol. The first kappa shape index (κ1) is 11.2. The van der Waals surface area contributed by atoms with Crippen molar-refractivity contribution in [3.63, 3.8) is 0 Å². The van der Waals surface area contributed by atoms with E-state index < -0.39 is 0 Å². The van der Waals surface area contributed by atoms with Crippen LogP contribution < -0.4 is 15.4 Å². The fourth-order valence-electron chi connectivity index (χ4n) is 1.59. The zero-order chi connectivity index (χ0) is 11.4. The van der Waals surface area contributed by atoms with Gasteiger partial charge in [-0.3, -0.25) is 4.79 Å². The molecule has 0 atom stereocenters. The maximum Gasteiger partial charge on any atom is 0.262 e. The van der Waals surface area contributed by atoms with Crippen LogP contribution in [0.4, 0.5) is 5.69 Å². The fraction of sp³-hybridized carbons (Fsp3) is 0.364. The summed E-state index contributed by atoms with van der Waals surface area (Å²) in [7, 11) is 0. The van der Waals surface area contributed by atoms with Crippen LogP contribution in [0, 0.1) is 0 Å². The Morgan fingerprint density at radius 1 is 1.50 bits per heavy atom. The summed E-state index contributed by atoms with van der Waals surface area (Å²) >= 11 is 5.51. The third kappa shape index (κ3) is 2.65. The molecule has 2 rings (SSSR count). The first-order valence-corrected chi connectivity index (χ1v) is 5.65. The van der Waals surface area contributed by atoms with E-state index in [9.17, 15) is 4.79 Å². The summed E-state index contributed by atoms with van der Waals surface area (Å²) in [6, 6.07) is 6.25. The van der Waals surface area contributed by atoms with Crippen molar-refractivity contribution < 1.29 is 9.53 Å². The van der Waals surface area contributed by atoms with Crippen molar-refractivity contribution in [3.05, 3.63) is 23.8 Å². The first-order chi connectivity index (χ1) is 7.79. The maximum absolute atomic E-state index is 11.1. The number of ether oxygens (including phenoxy) is 1. The third-order valence-corrected chi connectivity index (χ3v) is 2.55. The van der Waals surface area contributed by atoms with Gasteiger partial charge < -0.3 is 15.4 Å². The lowest BCUT2D eigenvalue weighted by atomic mass is 10.1. The molecule has 1 heterocycles. The summed E-state index contributed by atoms with van der Waals surface area (Å²) in [5.74, 6) is 0.622. The average Bonchev–Trinajstić information content (AvgIpc) is 2.29. The Kier molecular flexibility index (Phi) is 3.64. The van der Waals surface area contributed by atoms with Crippen molar-refractivity contribution >= 4 is 23.2 Å². The van der Waals surface area contributed by atoms with Gasteiger partial charge in [0.25, 0.3) is 5.91 Å². The Morgan fingerprint density at radius 3 is 3.19 bits per heavy atom. The van der Waals surface area contributed by atoms with Crippen molar-refractivity contribution in [3.8, 4) is 5.75 Å². The van der Waals surface area contributed by atoms with Gasteiger partial charge in [0.1, 0.15) is 5.75 Å². The summed E-state index contributed by atoms with van der Waals surface area (Å²) in [4.78, 5) is 11.1. The molecular weight excluding hydrogens is 228 g/mol. The number of nitrogens with one attached hydrogen (secondary N) is 2. The van der Waals surface area contributed by atoms with Gasteiger partial charge in [-0.05, 0) is 24.1 Å². The van der Waals surface area contributed by atoms with E-state index in [1.165, 1.54) is 0 Å². The van der Waals surface area contributed by atoms with E-state index >= 15 is 0 Å². The van der Waals surface area contributed by atoms with Crippen LogP contribution in [0.3, 0.4) is 0 Å². The molecule has 1 aromatic carbocycles. The minimum Gasteiger partial charge on any atom is -0.482 e. The summed E-state index contributed by atoms with van der Waals surface area (Å²) in [5.41, 5.74) is 1.89. The van der Waals surface area contributed by atoms with E-state index in [-0.39, 0.29) is 12.5 Å². The Hall–Kier alpha value is -1.26. The van der Waals surface area contributed by atoms with Crippen LogP contribution in [-0.4, -0.2) is 25.1 Å². The van der Waals surface area contributed by atoms with Crippen molar-refractivity contribution in [2.75, 3.05) is 24.5 Å². The highest BCUT2D eigenvalue weighted by atomic mass is 35.5. The summed E-state index contributed by atoms with van der Waals surface area (Å²) in [5, 5.41) is 5.81. The second kappa shape index (κ2) is 5.18. The molecule has 0 bridgehead atoms. The zero-order valence-corrected chi connectivity index (χ0v) is 9.51. The molecule has 0 aromatic heterocycles. The first-order valence-electron chi connectivity index (χ1n) is 5.12. The highest BCUT2D eigenvalue weighted by Gasteiger charge is 2.15. The average molecular weight is 241 g/mol. The molecule has 1 aromatic rings. The molecule has 0 unspecified atom stereocenters. The molecular formula is C11H13ClN2O2. The predicted molar refractivity (Wildman–Crippen MR) is 63.0 cm³/mol. The number of rotatable bonds is 4. The number of carbonyl (C=O) groups is 1. The SMILES string of the molecule is O=C1COc2ccc(CCNCCl)cc2N1. The molecule has 1 aliphatic rings. The van der Waals surface area contributed by atoms with E-state index in [4.69, 9.17) is 16.3 Å². The van der Waals surface area contributed by atoms with Crippen molar-refractivity contribution in [1.29, 1.82) is 0 Å². The van der Waals surface area contributed by atoms with Crippen LogP contribution >= 0.6 is 11.6 Å². The largest absolute Gasteiger partial charge is 0.482 e. The molecule has 0 aliphatic carbocycles. The Balaban J connectivity index is 2.06. The van der Waals surface area contributed by atoms with Crippen LogP contribution in [0.15, 0.2) is 18.2 Å². The third-order valence-electron chi connectivity index (χ3n) is 2.36. The lowest BCUT2D eigenvalue weighted by Gasteiger charge is -2.18. The van der Waals surface area contributed by atoms with Crippen LogP contribution in [0.2, 0.25) is 0 Å². The highest BCUT2D eigenvalue weighted by molar-refractivity contribution is 6.17. The van der Waals surface area contributed by atoms with E-state index in [1.54, 1.807) is 0 Å². The molecule has 1 aliphatic heterocycles. The number of amides is 1. The number of fused-ring (bicyclic) bond motifs is 1. The van der Waals surface area contributed by atoms with Crippen molar-refractivity contribution in [2.24, 2.45) is 0 Å². The second-order valence-corrected chi connectivity index (χ2v) is 3.82. The summed E-state index contributed by atoms with van der Waals surface area (Å²) in [6.45, 7) is 0.914. The van der Waals surface area contributed by atoms with Gasteiger partial charge in [0.2, 0.25) is 0 Å². The number of halogens is 1. The minimum absolute atomic E-state index is 0.0974. The van der Waals surface area contributed by atoms with Crippen molar-refractivity contribution in [2.45, 2.75) is 6.42 Å². The molecule has 0 saturated carbocycles. The van der Waals surface area contributed by atoms with Crippen molar-refractivity contribution in [1.82, 2.24) is 5.32 Å². The van der Waals surface area contributed by atoms with Crippen LogP contribution in [0.5, 0.6) is 5.75 Å². The molecule has 5 heteroatoms. The van der Waals surface area contributed by atoms with Gasteiger partial charge in [-0.15, -0.1) is 11.6 Å². The normalized spacial score (nSPS) is 13.9. The summed E-state index contributed by atoms with van der Waals surface area (Å²) < 4.78 is 5.27. The molecule has 16 heavy (non-hydrogen) atoms. The number of hydrogen-bond donors (Lipinski definition) is 2. The summed E-state index contributed by atoms with van der Waals surface area (Å²) in [6.07, 6.45) is 0.871. The molecule has 1 amide bonds. The van der Waals surface area contributed by atoms with Crippen LogP contribution in [-0.2, 0) is 11.2 Å². The molecule has 0 saturated heterocycles. The van der Waals surface area contributed by atoms with E-state index in [1.807, 2.05) is 18.2 Å². The fourth-order valence-corrected chi connectivity index (χ4v) is 1.72. The number of benzene rings is 1. The van der Waals surface area contributed by atoms with Crippen LogP contribution in [0.25, 0.3) is 0 Å². The zero-order valence-electron chi connectivity index (χ0n) is 8.75. The maximum atomic E-state index is 11.1. The topological polar surface area (TPSA) is 50.4 Å². The minimum atomic E-state index is -0.108. The standard InChI is InChI=1S/C11H13ClN2O2/c12-7-13-4-3-8-1-2-10-9(5-8)14-11(15)6-16-10/h1-2,5,13H,3-4,6-7H2,(H,14,15). The number of alkyl halides is 1. The molecule has 86 valence electrons. The smallest absolute Gasteiger partial charge is 0.262 e. The van der Waals surface area contributed by atoms with Gasteiger partial charge >= 0.3 is 0 Å². The lowest BCUT2D eigenvalue weighted by molar-refractivity contribution is -0.118. The molecule has 0 radical (unpaired) electrons.